The Morgan fingerprint density at radius 2 is 1.05 bits per heavy atom. The number of carbonyl (C=O) groups excluding carboxylic acids is 2. The van der Waals surface area contributed by atoms with Crippen molar-refractivity contribution in [2.75, 3.05) is 10.2 Å². The highest BCUT2D eigenvalue weighted by Gasteiger charge is 2.32. The summed E-state index contributed by atoms with van der Waals surface area (Å²) in [4.78, 5) is 73.1. The minimum Gasteiger partial charge on any atom is -0.508 e. The van der Waals surface area contributed by atoms with Gasteiger partial charge in [-0.15, -0.1) is 0 Å². The molecule has 60 heavy (non-hydrogen) atoms. The molecule has 2 amide bonds. The van der Waals surface area contributed by atoms with E-state index in [9.17, 15) is 49.2 Å². The number of thiocarbonyl (C=S) groups is 1. The summed E-state index contributed by atoms with van der Waals surface area (Å²) in [6, 6.07) is 26.8. The number of imide groups is 1. The highest BCUT2D eigenvalue weighted by molar-refractivity contribution is 7.79. The molecule has 0 unspecified atom stereocenters. The minimum absolute atomic E-state index is 0.00110. The number of anilines is 2. The van der Waals surface area contributed by atoms with Crippen molar-refractivity contribution >= 4 is 74.8 Å². The van der Waals surface area contributed by atoms with Gasteiger partial charge in [-0.25, -0.2) is 9.59 Å². The molecule has 0 spiro atoms. The van der Waals surface area contributed by atoms with E-state index in [0.29, 0.717) is 61.2 Å². The number of carbonyl (C=O) groups is 4. The van der Waals surface area contributed by atoms with Crippen LogP contribution < -0.4 is 21.1 Å². The molecule has 15 heteroatoms. The Bertz CT molecular complexity index is 3170. The lowest BCUT2D eigenvalue weighted by molar-refractivity contribution is -0.121. The van der Waals surface area contributed by atoms with E-state index in [4.69, 9.17) is 21.1 Å². The van der Waals surface area contributed by atoms with E-state index in [1.54, 1.807) is 36.4 Å². The molecule has 4 aromatic rings. The van der Waals surface area contributed by atoms with Crippen molar-refractivity contribution < 1.29 is 48.4 Å². The zero-order chi connectivity index (χ0) is 42.4. The number of aromatic hydroxyl groups is 2. The second kappa shape index (κ2) is 15.3. The first kappa shape index (κ1) is 38.7. The van der Waals surface area contributed by atoms with Gasteiger partial charge in [-0.1, -0.05) is 24.4 Å². The third-order valence-corrected chi connectivity index (χ3v) is 10.0. The van der Waals surface area contributed by atoms with Crippen molar-refractivity contribution in [1.29, 1.82) is 0 Å². The maximum atomic E-state index is 12.2. The van der Waals surface area contributed by atoms with E-state index in [-0.39, 0.29) is 75.2 Å². The monoisotopic (exact) mass is 820 g/mol. The van der Waals surface area contributed by atoms with Gasteiger partial charge in [-0.2, -0.15) is 0 Å². The number of rotatable bonds is 7. The number of hydrogen-bond acceptors (Lipinski definition) is 11. The zero-order valence-corrected chi connectivity index (χ0v) is 31.6. The maximum Gasteiger partial charge on any atom is 0.336 e. The molecule has 0 atom stereocenters. The second-order valence-corrected chi connectivity index (χ2v) is 13.9. The van der Waals surface area contributed by atoms with E-state index in [1.165, 1.54) is 78.3 Å². The molecule has 0 bridgehead atoms. The summed E-state index contributed by atoms with van der Waals surface area (Å²) >= 11 is 4.77. The molecule has 0 saturated carbocycles. The summed E-state index contributed by atoms with van der Waals surface area (Å²) in [6.07, 6.45) is 0.166. The van der Waals surface area contributed by atoms with Crippen molar-refractivity contribution in [3.05, 3.63) is 141 Å². The molecule has 296 valence electrons. The van der Waals surface area contributed by atoms with Gasteiger partial charge in [-0.05, 0) is 83.9 Å². The Morgan fingerprint density at radius 1 is 0.583 bits per heavy atom. The highest BCUT2D eigenvalue weighted by Crippen LogP contribution is 2.44. The number of fused-ring (bicyclic) bond motifs is 4. The molecule has 1 saturated heterocycles. The fourth-order valence-electron chi connectivity index (χ4n) is 7.33. The van der Waals surface area contributed by atoms with Gasteiger partial charge in [-0.3, -0.25) is 24.1 Å². The topological polar surface area (TPSA) is 225 Å². The van der Waals surface area contributed by atoms with E-state index in [0.717, 1.165) is 4.90 Å². The average molecular weight is 821 g/mol. The predicted molar refractivity (Wildman–Crippen MR) is 225 cm³/mol. The molecular formula is C45H28N2O12S. The van der Waals surface area contributed by atoms with Crippen molar-refractivity contribution in [3.63, 3.8) is 0 Å². The number of aromatic carboxylic acids is 2. The quantitative estimate of drug-likeness (QED) is 0.0584. The Kier molecular flexibility index (Phi) is 9.87. The largest absolute Gasteiger partial charge is 0.508 e. The van der Waals surface area contributed by atoms with Crippen LogP contribution in [0.5, 0.6) is 11.5 Å². The number of amides is 2. The SMILES string of the molecule is O=C(O)c1cc(N2C(=O)CCC2=O)ccc1-c1c2ccc(=O)cc-2oc2cc(O)ccc12.O=C(O)c1cc(NC=S)ccc1-c1c2ccc(=O)cc-2oc2cc(O)ccc12. The van der Waals surface area contributed by atoms with Crippen LogP contribution in [0, 0.1) is 0 Å². The zero-order valence-electron chi connectivity index (χ0n) is 30.8. The molecule has 3 aliphatic heterocycles. The van der Waals surface area contributed by atoms with Crippen LogP contribution in [0.25, 0.3) is 66.8 Å². The van der Waals surface area contributed by atoms with Gasteiger partial charge >= 0.3 is 11.9 Å². The number of nitrogens with zero attached hydrogens (tertiary/aromatic N) is 1. The molecule has 1 fully saturated rings. The summed E-state index contributed by atoms with van der Waals surface area (Å²) < 4.78 is 11.6. The van der Waals surface area contributed by atoms with E-state index in [2.05, 4.69) is 5.32 Å². The number of carboxylic acid groups (broad SMARTS) is 2. The Balaban J connectivity index is 0.000000168. The standard InChI is InChI=1S/C24H15NO7.C21H13NO5S/c26-13-2-5-16-19(10-13)32-20-11-14(27)3-6-17(20)23(16)15-4-1-12(9-18(15)24(30)31)25-21(28)7-8-22(25)29;23-12-2-5-15-18(8-12)27-19-9-13(24)3-6-16(19)20(15)14-4-1-11(22-10-28)7-17(14)21(25)26/h1-6,9-11,26H,7-8H2,(H,30,31);1-10,23H,(H,22,28)(H,25,26). The van der Waals surface area contributed by atoms with Gasteiger partial charge < -0.3 is 34.6 Å². The van der Waals surface area contributed by atoms with Crippen molar-refractivity contribution in [2.45, 2.75) is 12.8 Å². The van der Waals surface area contributed by atoms with E-state index < -0.39 is 11.9 Å². The lowest BCUT2D eigenvalue weighted by Gasteiger charge is -2.19. The Labute approximate surface area is 342 Å². The number of hydrogen-bond donors (Lipinski definition) is 5. The van der Waals surface area contributed by atoms with Gasteiger partial charge in [0.1, 0.15) is 34.2 Å². The van der Waals surface area contributed by atoms with E-state index >= 15 is 0 Å². The van der Waals surface area contributed by atoms with Crippen LogP contribution in [0.15, 0.2) is 128 Å². The number of nitrogens with one attached hydrogen (secondary N) is 1. The van der Waals surface area contributed by atoms with Crippen LogP contribution in [0.1, 0.15) is 33.6 Å². The van der Waals surface area contributed by atoms with Crippen molar-refractivity contribution in [3.8, 4) is 56.4 Å². The fraction of sp³-hybridized carbons (Fsp3) is 0.0444. The molecule has 9 rings (SSSR count). The molecule has 2 aliphatic carbocycles. The molecule has 5 aliphatic rings. The third kappa shape index (κ3) is 7.05. The van der Waals surface area contributed by atoms with Crippen LogP contribution in [0.4, 0.5) is 11.4 Å². The predicted octanol–water partition coefficient (Wildman–Crippen LogP) is 7.96. The van der Waals surface area contributed by atoms with Crippen molar-refractivity contribution in [1.82, 2.24) is 0 Å². The highest BCUT2D eigenvalue weighted by atomic mass is 32.1. The number of phenolic OH excluding ortho intramolecular Hbond substituents is 2. The summed E-state index contributed by atoms with van der Waals surface area (Å²) in [5.74, 6) is -2.64. The lowest BCUT2D eigenvalue weighted by atomic mass is 9.90. The lowest BCUT2D eigenvalue weighted by Crippen LogP contribution is -2.28. The van der Waals surface area contributed by atoms with Gasteiger partial charge in [0.25, 0.3) is 0 Å². The molecular weight excluding hydrogens is 793 g/mol. The summed E-state index contributed by atoms with van der Waals surface area (Å²) in [5, 5.41) is 43.4. The molecule has 0 aromatic heterocycles. The molecule has 4 aromatic carbocycles. The minimum atomic E-state index is -1.25. The van der Waals surface area contributed by atoms with Crippen LogP contribution >= 0.6 is 12.2 Å². The first-order chi connectivity index (χ1) is 28.8. The Morgan fingerprint density at radius 3 is 1.53 bits per heavy atom. The van der Waals surface area contributed by atoms with E-state index in [1.807, 2.05) is 0 Å². The summed E-state index contributed by atoms with van der Waals surface area (Å²) in [7, 11) is 0. The number of phenols is 2. The first-order valence-corrected chi connectivity index (χ1v) is 18.5. The van der Waals surface area contributed by atoms with Crippen LogP contribution in [-0.2, 0) is 9.59 Å². The van der Waals surface area contributed by atoms with Crippen LogP contribution in [0.3, 0.4) is 0 Å². The van der Waals surface area contributed by atoms with Gasteiger partial charge in [0.2, 0.25) is 11.8 Å². The summed E-state index contributed by atoms with van der Waals surface area (Å²) in [6.45, 7) is 0. The Hall–Kier alpha value is -8.17. The molecule has 3 heterocycles. The normalized spacial score (nSPS) is 12.5. The van der Waals surface area contributed by atoms with Gasteiger partial charge in [0, 0.05) is 75.8 Å². The third-order valence-electron chi connectivity index (χ3n) is 9.91. The van der Waals surface area contributed by atoms with Gasteiger partial charge in [0.05, 0.1) is 22.3 Å². The maximum absolute atomic E-state index is 12.2. The molecule has 14 nitrogen and oxygen atoms in total. The van der Waals surface area contributed by atoms with Gasteiger partial charge in [0.15, 0.2) is 10.9 Å². The smallest absolute Gasteiger partial charge is 0.336 e. The average Bonchev–Trinajstić information content (AvgIpc) is 3.55. The molecule has 5 N–H and O–H groups in total. The first-order valence-electron chi connectivity index (χ1n) is 18.0. The van der Waals surface area contributed by atoms with Crippen LogP contribution in [-0.4, -0.2) is 49.7 Å². The van der Waals surface area contributed by atoms with Crippen LogP contribution in [0.2, 0.25) is 0 Å². The molecule has 0 radical (unpaired) electrons. The fourth-order valence-corrected chi connectivity index (χ4v) is 7.46. The second-order valence-electron chi connectivity index (χ2n) is 13.6. The number of carboxylic acids is 2. The summed E-state index contributed by atoms with van der Waals surface area (Å²) in [5.41, 5.74) is 5.02. The van der Waals surface area contributed by atoms with Crippen molar-refractivity contribution in [2.24, 2.45) is 0 Å². The number of benzene rings is 6.